The molecule has 0 spiro atoms. The summed E-state index contributed by atoms with van der Waals surface area (Å²) >= 11 is 0. The molecule has 10 heteroatoms. The van der Waals surface area contributed by atoms with Crippen LogP contribution >= 0.6 is 24.8 Å². The molecule has 0 unspecified atom stereocenters. The minimum atomic E-state index is -0.557. The maximum atomic E-state index is 12.1. The van der Waals surface area contributed by atoms with Crippen molar-refractivity contribution in [2.45, 2.75) is 26.7 Å². The highest BCUT2D eigenvalue weighted by Crippen LogP contribution is 2.30. The number of carbonyl (C=O) groups is 2. The maximum Gasteiger partial charge on any atom is 0.325 e. The standard InChI is InChI=1S/C19H30N4O4.2ClH/c1-3-11-26-16-6-5-15(13-17(16)27-12-4-2)21-19(25)22-18(24)14-23-9-7-20-8-10-23;;/h5-6,13,20H,3-4,7-12,14H2,1-2H3,(H2,21,22,24,25);2*1H. The number of rotatable bonds is 9. The molecule has 0 bridgehead atoms. The second kappa shape index (κ2) is 15.1. The van der Waals surface area contributed by atoms with Crippen molar-refractivity contribution in [3.05, 3.63) is 18.2 Å². The lowest BCUT2D eigenvalue weighted by Gasteiger charge is -2.26. The van der Waals surface area contributed by atoms with Crippen molar-refractivity contribution in [3.8, 4) is 11.5 Å². The third-order valence-electron chi connectivity index (χ3n) is 3.95. The van der Waals surface area contributed by atoms with Crippen LogP contribution in [0.5, 0.6) is 11.5 Å². The molecule has 2 rings (SSSR count). The van der Waals surface area contributed by atoms with Gasteiger partial charge in [-0.3, -0.25) is 15.0 Å². The van der Waals surface area contributed by atoms with Gasteiger partial charge in [-0.25, -0.2) is 4.79 Å². The summed E-state index contributed by atoms with van der Waals surface area (Å²) in [6.45, 7) is 8.72. The highest BCUT2D eigenvalue weighted by molar-refractivity contribution is 6.01. The first-order chi connectivity index (χ1) is 13.1. The topological polar surface area (TPSA) is 91.9 Å². The Morgan fingerprint density at radius 2 is 1.66 bits per heavy atom. The van der Waals surface area contributed by atoms with Crippen molar-refractivity contribution in [3.63, 3.8) is 0 Å². The molecule has 0 aliphatic carbocycles. The molecule has 3 N–H and O–H groups in total. The second-order valence-electron chi connectivity index (χ2n) is 6.39. The van der Waals surface area contributed by atoms with E-state index in [1.807, 2.05) is 18.7 Å². The molecular formula is C19H32Cl2N4O4. The van der Waals surface area contributed by atoms with Crippen molar-refractivity contribution >= 4 is 42.4 Å². The number of imide groups is 1. The molecule has 166 valence electrons. The number of hydrogen-bond donors (Lipinski definition) is 3. The number of piperazine rings is 1. The summed E-state index contributed by atoms with van der Waals surface area (Å²) in [4.78, 5) is 26.1. The summed E-state index contributed by atoms with van der Waals surface area (Å²) in [5.74, 6) is 0.904. The maximum absolute atomic E-state index is 12.1. The number of nitrogens with one attached hydrogen (secondary N) is 3. The lowest BCUT2D eigenvalue weighted by Crippen LogP contribution is -2.48. The molecule has 29 heavy (non-hydrogen) atoms. The van der Waals surface area contributed by atoms with Crippen LogP contribution in [0.2, 0.25) is 0 Å². The van der Waals surface area contributed by atoms with Gasteiger partial charge in [-0.2, -0.15) is 0 Å². The summed E-state index contributed by atoms with van der Waals surface area (Å²) in [6, 6.07) is 4.64. The highest BCUT2D eigenvalue weighted by atomic mass is 35.5. The van der Waals surface area contributed by atoms with E-state index in [1.165, 1.54) is 0 Å². The van der Waals surface area contributed by atoms with Crippen LogP contribution in [0, 0.1) is 0 Å². The Labute approximate surface area is 184 Å². The van der Waals surface area contributed by atoms with E-state index in [0.717, 1.165) is 39.0 Å². The van der Waals surface area contributed by atoms with E-state index in [9.17, 15) is 9.59 Å². The fraction of sp³-hybridized carbons (Fsp3) is 0.579. The number of hydrogen-bond acceptors (Lipinski definition) is 6. The third kappa shape index (κ3) is 10.0. The van der Waals surface area contributed by atoms with Gasteiger partial charge in [0.2, 0.25) is 5.91 Å². The Hall–Kier alpha value is -1.74. The molecule has 1 heterocycles. The zero-order valence-corrected chi connectivity index (χ0v) is 18.6. The quantitative estimate of drug-likeness (QED) is 0.535. The van der Waals surface area contributed by atoms with Crippen LogP contribution in [0.15, 0.2) is 18.2 Å². The first-order valence-corrected chi connectivity index (χ1v) is 9.56. The largest absolute Gasteiger partial charge is 0.490 e. The number of urea groups is 1. The SMILES string of the molecule is CCCOc1ccc(NC(=O)NC(=O)CN2CCNCC2)cc1OCCC.Cl.Cl. The van der Waals surface area contributed by atoms with Gasteiger partial charge in [-0.05, 0) is 25.0 Å². The van der Waals surface area contributed by atoms with E-state index < -0.39 is 6.03 Å². The lowest BCUT2D eigenvalue weighted by atomic mass is 10.2. The van der Waals surface area contributed by atoms with Gasteiger partial charge in [-0.1, -0.05) is 13.8 Å². The van der Waals surface area contributed by atoms with Crippen molar-refractivity contribution in [1.82, 2.24) is 15.5 Å². The summed E-state index contributed by atoms with van der Waals surface area (Å²) in [5, 5.41) is 8.26. The van der Waals surface area contributed by atoms with Gasteiger partial charge < -0.3 is 20.1 Å². The van der Waals surface area contributed by atoms with Gasteiger partial charge in [0.05, 0.1) is 19.8 Å². The molecule has 0 saturated carbocycles. The first-order valence-electron chi connectivity index (χ1n) is 9.56. The molecule has 0 radical (unpaired) electrons. The van der Waals surface area contributed by atoms with E-state index in [0.29, 0.717) is 30.4 Å². The smallest absolute Gasteiger partial charge is 0.325 e. The molecule has 1 saturated heterocycles. The van der Waals surface area contributed by atoms with E-state index >= 15 is 0 Å². The van der Waals surface area contributed by atoms with E-state index in [-0.39, 0.29) is 37.3 Å². The summed E-state index contributed by atoms with van der Waals surface area (Å²) in [6.07, 6.45) is 1.76. The van der Waals surface area contributed by atoms with Crippen LogP contribution in [0.4, 0.5) is 10.5 Å². The number of benzene rings is 1. The molecule has 8 nitrogen and oxygen atoms in total. The van der Waals surface area contributed by atoms with Gasteiger partial charge in [0, 0.05) is 37.9 Å². The fourth-order valence-corrected chi connectivity index (χ4v) is 2.64. The van der Waals surface area contributed by atoms with Crippen LogP contribution in [-0.2, 0) is 4.79 Å². The molecule has 3 amide bonds. The van der Waals surface area contributed by atoms with Crippen LogP contribution in [0.1, 0.15) is 26.7 Å². The van der Waals surface area contributed by atoms with Crippen LogP contribution in [-0.4, -0.2) is 62.8 Å². The fourth-order valence-electron chi connectivity index (χ4n) is 2.64. The predicted molar refractivity (Wildman–Crippen MR) is 119 cm³/mol. The number of halogens is 2. The van der Waals surface area contributed by atoms with Gasteiger partial charge >= 0.3 is 6.03 Å². The van der Waals surface area contributed by atoms with Crippen molar-refractivity contribution in [2.24, 2.45) is 0 Å². The Morgan fingerprint density at radius 1 is 1.03 bits per heavy atom. The number of nitrogens with zero attached hydrogens (tertiary/aromatic N) is 1. The molecule has 1 aliphatic rings. The zero-order chi connectivity index (χ0) is 19.5. The van der Waals surface area contributed by atoms with Crippen LogP contribution in [0.25, 0.3) is 0 Å². The van der Waals surface area contributed by atoms with Crippen molar-refractivity contribution in [2.75, 3.05) is 51.3 Å². The predicted octanol–water partition coefficient (Wildman–Crippen LogP) is 2.66. The number of anilines is 1. The Morgan fingerprint density at radius 3 is 2.28 bits per heavy atom. The normalized spacial score (nSPS) is 13.4. The van der Waals surface area contributed by atoms with Gasteiger partial charge in [0.25, 0.3) is 0 Å². The molecular weight excluding hydrogens is 419 g/mol. The highest BCUT2D eigenvalue weighted by Gasteiger charge is 2.16. The lowest BCUT2D eigenvalue weighted by molar-refractivity contribution is -0.121. The molecule has 0 atom stereocenters. The summed E-state index contributed by atoms with van der Waals surface area (Å²) in [5.41, 5.74) is 0.539. The number of amides is 3. The number of ether oxygens (including phenoxy) is 2. The minimum Gasteiger partial charge on any atom is -0.490 e. The monoisotopic (exact) mass is 450 g/mol. The summed E-state index contributed by atoms with van der Waals surface area (Å²) in [7, 11) is 0. The Balaban J connectivity index is 0.00000392. The molecule has 1 aliphatic heterocycles. The van der Waals surface area contributed by atoms with Crippen molar-refractivity contribution in [1.29, 1.82) is 0 Å². The van der Waals surface area contributed by atoms with Crippen LogP contribution in [0.3, 0.4) is 0 Å². The molecule has 1 aromatic rings. The van der Waals surface area contributed by atoms with E-state index in [4.69, 9.17) is 9.47 Å². The minimum absolute atomic E-state index is 0. The van der Waals surface area contributed by atoms with Gasteiger partial charge in [0.15, 0.2) is 11.5 Å². The van der Waals surface area contributed by atoms with Crippen molar-refractivity contribution < 1.29 is 19.1 Å². The van der Waals surface area contributed by atoms with Crippen LogP contribution < -0.4 is 25.4 Å². The summed E-state index contributed by atoms with van der Waals surface area (Å²) < 4.78 is 11.4. The average Bonchev–Trinajstić information content (AvgIpc) is 2.66. The Bertz CT molecular complexity index is 628. The van der Waals surface area contributed by atoms with Gasteiger partial charge in [-0.15, -0.1) is 24.8 Å². The third-order valence-corrected chi connectivity index (χ3v) is 3.95. The second-order valence-corrected chi connectivity index (χ2v) is 6.39. The van der Waals surface area contributed by atoms with E-state index in [2.05, 4.69) is 16.0 Å². The van der Waals surface area contributed by atoms with E-state index in [1.54, 1.807) is 18.2 Å². The molecule has 0 aromatic heterocycles. The molecule has 1 aromatic carbocycles. The Kier molecular flexibility index (Phi) is 14.2. The zero-order valence-electron chi connectivity index (χ0n) is 17.0. The average molecular weight is 451 g/mol. The first kappa shape index (κ1) is 27.3. The van der Waals surface area contributed by atoms with Gasteiger partial charge in [0.1, 0.15) is 0 Å². The molecule has 1 fully saturated rings. The number of carbonyl (C=O) groups excluding carboxylic acids is 2.